The third-order valence-electron chi connectivity index (χ3n) is 3.29. The van der Waals surface area contributed by atoms with Crippen LogP contribution >= 0.6 is 11.3 Å². The number of alkyl halides is 2. The Morgan fingerprint density at radius 3 is 2.73 bits per heavy atom. The Morgan fingerprint density at radius 1 is 1.19 bits per heavy atom. The van der Waals surface area contributed by atoms with E-state index in [1.807, 2.05) is 0 Å². The molecule has 26 heavy (non-hydrogen) atoms. The van der Waals surface area contributed by atoms with E-state index in [1.165, 1.54) is 25.5 Å². The highest BCUT2D eigenvalue weighted by Crippen LogP contribution is 2.27. The molecular weight excluding hydrogens is 365 g/mol. The van der Waals surface area contributed by atoms with Crippen molar-refractivity contribution in [3.63, 3.8) is 0 Å². The van der Waals surface area contributed by atoms with Crippen molar-refractivity contribution in [3.8, 4) is 17.0 Å². The van der Waals surface area contributed by atoms with Crippen LogP contribution < -0.4 is 10.2 Å². The number of aromatic nitrogens is 2. The van der Waals surface area contributed by atoms with Crippen molar-refractivity contribution >= 4 is 23.5 Å². The molecule has 0 saturated carbocycles. The molecular formula is C17H13F3N4OS. The fourth-order valence-corrected chi connectivity index (χ4v) is 2.71. The number of benzene rings is 1. The van der Waals surface area contributed by atoms with Crippen LogP contribution in [0.2, 0.25) is 0 Å². The number of anilines is 1. The van der Waals surface area contributed by atoms with Crippen LogP contribution in [0.15, 0.2) is 47.6 Å². The van der Waals surface area contributed by atoms with Gasteiger partial charge in [0, 0.05) is 5.56 Å². The van der Waals surface area contributed by atoms with E-state index in [0.717, 1.165) is 11.3 Å². The molecule has 0 bridgehead atoms. The predicted octanol–water partition coefficient (Wildman–Crippen LogP) is 4.74. The number of halogens is 3. The molecule has 1 aromatic carbocycles. The van der Waals surface area contributed by atoms with Crippen molar-refractivity contribution in [2.75, 3.05) is 12.5 Å². The van der Waals surface area contributed by atoms with Crippen molar-refractivity contribution in [2.24, 2.45) is 5.10 Å². The van der Waals surface area contributed by atoms with Crippen LogP contribution in [-0.2, 0) is 0 Å². The van der Waals surface area contributed by atoms with E-state index in [1.54, 1.807) is 30.3 Å². The molecule has 1 N–H and O–H groups in total. The molecule has 2 heterocycles. The zero-order valence-electron chi connectivity index (χ0n) is 13.5. The lowest BCUT2D eigenvalue weighted by Gasteiger charge is -2.08. The Kier molecular flexibility index (Phi) is 5.47. The van der Waals surface area contributed by atoms with Gasteiger partial charge in [0.1, 0.15) is 11.4 Å². The van der Waals surface area contributed by atoms with Crippen molar-refractivity contribution in [2.45, 2.75) is 6.43 Å². The molecule has 0 spiro atoms. The van der Waals surface area contributed by atoms with Gasteiger partial charge in [0.25, 0.3) is 6.43 Å². The molecule has 0 aliphatic heterocycles. The molecule has 5 nitrogen and oxygen atoms in total. The third kappa shape index (κ3) is 4.37. The molecule has 0 fully saturated rings. The number of hydrazone groups is 1. The Balaban J connectivity index is 1.89. The molecule has 3 aromatic rings. The zero-order valence-corrected chi connectivity index (χ0v) is 14.3. The van der Waals surface area contributed by atoms with Gasteiger partial charge < -0.3 is 4.74 Å². The van der Waals surface area contributed by atoms with Gasteiger partial charge in [0.2, 0.25) is 5.95 Å². The van der Waals surface area contributed by atoms with Crippen molar-refractivity contribution in [1.82, 2.24) is 9.97 Å². The van der Waals surface area contributed by atoms with Crippen LogP contribution in [0.4, 0.5) is 19.1 Å². The van der Waals surface area contributed by atoms with Gasteiger partial charge >= 0.3 is 0 Å². The summed E-state index contributed by atoms with van der Waals surface area (Å²) in [4.78, 5) is 8.51. The van der Waals surface area contributed by atoms with E-state index < -0.39 is 12.1 Å². The summed E-state index contributed by atoms with van der Waals surface area (Å²) in [6.07, 6.45) is -1.41. The van der Waals surface area contributed by atoms with Crippen LogP contribution in [0, 0.1) is 5.13 Å². The van der Waals surface area contributed by atoms with E-state index in [2.05, 4.69) is 20.5 Å². The molecule has 0 atom stereocenters. The lowest BCUT2D eigenvalue weighted by molar-refractivity contribution is 0.146. The Bertz CT molecular complexity index is 930. The predicted molar refractivity (Wildman–Crippen MR) is 94.5 cm³/mol. The lowest BCUT2D eigenvalue weighted by atomic mass is 10.1. The molecule has 0 amide bonds. The quantitative estimate of drug-likeness (QED) is 0.497. The molecule has 9 heteroatoms. The Morgan fingerprint density at radius 2 is 2.04 bits per heavy atom. The number of methoxy groups -OCH3 is 1. The number of hydrogen-bond donors (Lipinski definition) is 1. The summed E-state index contributed by atoms with van der Waals surface area (Å²) in [5.41, 5.74) is 2.97. The number of hydrogen-bond acceptors (Lipinski definition) is 6. The molecule has 0 radical (unpaired) electrons. The SMILES string of the molecule is COc1cccc(-c2cc(C(F)F)nc(N/N=C\c3ccc(F)s3)n2)c1. The monoisotopic (exact) mass is 378 g/mol. The second-order valence-electron chi connectivity index (χ2n) is 5.05. The molecule has 3 rings (SSSR count). The summed E-state index contributed by atoms with van der Waals surface area (Å²) in [5.74, 6) is 0.487. The van der Waals surface area contributed by atoms with Gasteiger partial charge in [0.15, 0.2) is 5.13 Å². The first kappa shape index (κ1) is 17.9. The van der Waals surface area contributed by atoms with Crippen molar-refractivity contribution in [1.29, 1.82) is 0 Å². The minimum absolute atomic E-state index is 0.0890. The van der Waals surface area contributed by atoms with Crippen LogP contribution in [0.1, 0.15) is 17.0 Å². The van der Waals surface area contributed by atoms with Gasteiger partial charge in [-0.05, 0) is 30.3 Å². The first-order chi connectivity index (χ1) is 12.5. The normalized spacial score (nSPS) is 11.3. The second kappa shape index (κ2) is 7.96. The first-order valence-electron chi connectivity index (χ1n) is 7.41. The van der Waals surface area contributed by atoms with Gasteiger partial charge in [-0.1, -0.05) is 12.1 Å². The van der Waals surface area contributed by atoms with Crippen LogP contribution in [-0.4, -0.2) is 23.3 Å². The highest BCUT2D eigenvalue weighted by molar-refractivity contribution is 7.12. The maximum atomic E-state index is 13.2. The van der Waals surface area contributed by atoms with Crippen molar-refractivity contribution in [3.05, 3.63) is 58.2 Å². The topological polar surface area (TPSA) is 59.4 Å². The summed E-state index contributed by atoms with van der Waals surface area (Å²) < 4.78 is 44.4. The maximum absolute atomic E-state index is 13.2. The molecule has 0 unspecified atom stereocenters. The minimum atomic E-state index is -2.77. The number of thiophene rings is 1. The van der Waals surface area contributed by atoms with Crippen LogP contribution in [0.3, 0.4) is 0 Å². The molecule has 134 valence electrons. The summed E-state index contributed by atoms with van der Waals surface area (Å²) >= 11 is 0.904. The van der Waals surface area contributed by atoms with Crippen LogP contribution in [0.5, 0.6) is 5.75 Å². The van der Waals surface area contributed by atoms with Gasteiger partial charge in [-0.25, -0.2) is 24.2 Å². The number of nitrogens with one attached hydrogen (secondary N) is 1. The van der Waals surface area contributed by atoms with E-state index in [9.17, 15) is 13.2 Å². The van der Waals surface area contributed by atoms with Crippen molar-refractivity contribution < 1.29 is 17.9 Å². The maximum Gasteiger partial charge on any atom is 0.280 e. The van der Waals surface area contributed by atoms with Crippen LogP contribution in [0.25, 0.3) is 11.3 Å². The number of rotatable bonds is 6. The Labute approximate surface area is 151 Å². The summed E-state index contributed by atoms with van der Waals surface area (Å²) in [6, 6.07) is 10.9. The second-order valence-corrected chi connectivity index (χ2v) is 6.11. The third-order valence-corrected chi connectivity index (χ3v) is 4.09. The summed E-state index contributed by atoms with van der Waals surface area (Å²) in [5, 5.41) is 3.52. The molecule has 0 saturated heterocycles. The Hall–Kier alpha value is -2.94. The highest BCUT2D eigenvalue weighted by Gasteiger charge is 2.14. The summed E-state index contributed by atoms with van der Waals surface area (Å²) in [7, 11) is 1.51. The molecule has 0 aliphatic rings. The lowest BCUT2D eigenvalue weighted by Crippen LogP contribution is -2.02. The van der Waals surface area contributed by atoms with Gasteiger partial charge in [0.05, 0.1) is 23.9 Å². The number of nitrogens with zero attached hydrogens (tertiary/aromatic N) is 3. The average molecular weight is 378 g/mol. The largest absolute Gasteiger partial charge is 0.497 e. The standard InChI is InChI=1S/C17H13F3N4OS/c1-25-11-4-2-3-10(7-11)13-8-14(16(19)20)23-17(22-13)24-21-9-12-5-6-15(18)26-12/h2-9,16H,1H3,(H,22,23,24)/b21-9-. The molecule has 0 aliphatic carbocycles. The number of ether oxygens (including phenoxy) is 1. The molecule has 2 aromatic heterocycles. The fraction of sp³-hybridized carbons (Fsp3) is 0.118. The minimum Gasteiger partial charge on any atom is -0.497 e. The zero-order chi connectivity index (χ0) is 18.5. The van der Waals surface area contributed by atoms with Gasteiger partial charge in [-0.2, -0.15) is 9.49 Å². The average Bonchev–Trinajstić information content (AvgIpc) is 3.06. The fourth-order valence-electron chi connectivity index (χ4n) is 2.11. The van der Waals surface area contributed by atoms with E-state index >= 15 is 0 Å². The van der Waals surface area contributed by atoms with Gasteiger partial charge in [-0.15, -0.1) is 11.3 Å². The highest BCUT2D eigenvalue weighted by atomic mass is 32.1. The summed E-state index contributed by atoms with van der Waals surface area (Å²) in [6.45, 7) is 0. The van der Waals surface area contributed by atoms with E-state index in [0.29, 0.717) is 21.9 Å². The van der Waals surface area contributed by atoms with E-state index in [-0.39, 0.29) is 11.1 Å². The first-order valence-corrected chi connectivity index (χ1v) is 8.23. The van der Waals surface area contributed by atoms with E-state index in [4.69, 9.17) is 4.74 Å². The smallest absolute Gasteiger partial charge is 0.280 e. The van der Waals surface area contributed by atoms with Gasteiger partial charge in [-0.3, -0.25) is 0 Å².